The molecule has 27 heavy (non-hydrogen) atoms. The number of halogens is 2. The highest BCUT2D eigenvalue weighted by Gasteiger charge is 2.12. The number of benzene rings is 2. The average Bonchev–Trinajstić information content (AvgIpc) is 3.09. The van der Waals surface area contributed by atoms with Gasteiger partial charge in [-0.05, 0) is 42.5 Å². The van der Waals surface area contributed by atoms with Gasteiger partial charge in [-0.2, -0.15) is 4.98 Å². The molecule has 4 aromatic rings. The molecule has 0 amide bonds. The fourth-order valence-electron chi connectivity index (χ4n) is 2.40. The van der Waals surface area contributed by atoms with Crippen molar-refractivity contribution in [1.29, 1.82) is 0 Å². The molecule has 0 unspecified atom stereocenters. The van der Waals surface area contributed by atoms with E-state index in [9.17, 15) is 4.39 Å². The molecule has 0 aliphatic carbocycles. The molecule has 0 aliphatic heterocycles. The molecule has 0 bridgehead atoms. The molecule has 0 saturated heterocycles. The van der Waals surface area contributed by atoms with Crippen molar-refractivity contribution in [3.05, 3.63) is 59.6 Å². The Kier molecular flexibility index (Phi) is 4.74. The topological polar surface area (TPSA) is 72.0 Å². The van der Waals surface area contributed by atoms with Gasteiger partial charge in [-0.1, -0.05) is 22.9 Å². The van der Waals surface area contributed by atoms with Crippen LogP contribution in [0.2, 0.25) is 5.02 Å². The minimum atomic E-state index is -0.473. The molecule has 2 heterocycles. The van der Waals surface area contributed by atoms with Crippen LogP contribution in [0, 0.1) is 5.82 Å². The number of ether oxygens (including phenoxy) is 1. The molecule has 2 N–H and O–H groups in total. The Hall–Kier alpha value is -2.97. The van der Waals surface area contributed by atoms with E-state index in [2.05, 4.69) is 25.6 Å². The molecular formula is C18H13ClFN5OS. The molecule has 4 rings (SSSR count). The highest BCUT2D eigenvalue weighted by molar-refractivity contribution is 7.22. The second-order valence-corrected chi connectivity index (χ2v) is 6.91. The van der Waals surface area contributed by atoms with E-state index >= 15 is 0 Å². The van der Waals surface area contributed by atoms with Crippen LogP contribution in [-0.4, -0.2) is 22.1 Å². The van der Waals surface area contributed by atoms with Crippen LogP contribution in [0.5, 0.6) is 5.75 Å². The second-order valence-electron chi connectivity index (χ2n) is 5.50. The lowest BCUT2D eigenvalue weighted by atomic mass is 10.3. The fraction of sp³-hybridized carbons (Fsp3) is 0.0556. The van der Waals surface area contributed by atoms with Crippen molar-refractivity contribution in [1.82, 2.24) is 15.0 Å². The summed E-state index contributed by atoms with van der Waals surface area (Å²) in [7, 11) is 1.62. The van der Waals surface area contributed by atoms with Gasteiger partial charge in [-0.3, -0.25) is 0 Å². The lowest BCUT2D eigenvalue weighted by molar-refractivity contribution is 0.415. The Morgan fingerprint density at radius 3 is 2.56 bits per heavy atom. The molecule has 0 radical (unpaired) electrons. The maximum Gasteiger partial charge on any atom is 0.189 e. The summed E-state index contributed by atoms with van der Waals surface area (Å²) in [6.45, 7) is 0. The number of aromatic nitrogens is 3. The number of thiazole rings is 1. The van der Waals surface area contributed by atoms with Crippen molar-refractivity contribution in [2.45, 2.75) is 0 Å². The van der Waals surface area contributed by atoms with Gasteiger partial charge >= 0.3 is 0 Å². The zero-order valence-corrected chi connectivity index (χ0v) is 15.6. The van der Waals surface area contributed by atoms with Gasteiger partial charge in [0.25, 0.3) is 0 Å². The number of fused-ring (bicyclic) bond motifs is 1. The molecule has 2 aromatic carbocycles. The second kappa shape index (κ2) is 7.34. The summed E-state index contributed by atoms with van der Waals surface area (Å²) in [6.07, 6.45) is 1.42. The van der Waals surface area contributed by atoms with Crippen molar-refractivity contribution in [2.75, 3.05) is 17.7 Å². The van der Waals surface area contributed by atoms with E-state index < -0.39 is 5.82 Å². The van der Waals surface area contributed by atoms with Crippen LogP contribution >= 0.6 is 22.9 Å². The van der Waals surface area contributed by atoms with E-state index in [1.54, 1.807) is 13.2 Å². The minimum absolute atomic E-state index is 0.0384. The maximum absolute atomic E-state index is 13.3. The van der Waals surface area contributed by atoms with E-state index in [4.69, 9.17) is 16.3 Å². The summed E-state index contributed by atoms with van der Waals surface area (Å²) in [6, 6.07) is 11.9. The van der Waals surface area contributed by atoms with E-state index in [0.29, 0.717) is 22.3 Å². The zero-order valence-electron chi connectivity index (χ0n) is 14.0. The van der Waals surface area contributed by atoms with Crippen LogP contribution in [0.25, 0.3) is 10.3 Å². The van der Waals surface area contributed by atoms with E-state index in [1.807, 2.05) is 24.3 Å². The molecule has 136 valence electrons. The number of nitrogens with zero attached hydrogens (tertiary/aromatic N) is 3. The summed E-state index contributed by atoms with van der Waals surface area (Å²) < 4.78 is 19.3. The lowest BCUT2D eigenvalue weighted by Gasteiger charge is -2.06. The molecule has 0 atom stereocenters. The van der Waals surface area contributed by atoms with Crippen molar-refractivity contribution in [3.8, 4) is 5.75 Å². The van der Waals surface area contributed by atoms with Crippen molar-refractivity contribution in [3.63, 3.8) is 0 Å². The number of hydrogen-bond donors (Lipinski definition) is 2. The lowest BCUT2D eigenvalue weighted by Crippen LogP contribution is -1.95. The van der Waals surface area contributed by atoms with Gasteiger partial charge in [-0.15, -0.1) is 0 Å². The number of nitrogens with one attached hydrogen (secondary N) is 2. The van der Waals surface area contributed by atoms with Crippen LogP contribution < -0.4 is 15.4 Å². The summed E-state index contributed by atoms with van der Waals surface area (Å²) in [5, 5.41) is 7.08. The first-order valence-corrected chi connectivity index (χ1v) is 9.06. The van der Waals surface area contributed by atoms with Crippen LogP contribution in [0.15, 0.2) is 48.8 Å². The van der Waals surface area contributed by atoms with Crippen molar-refractivity contribution < 1.29 is 9.13 Å². The van der Waals surface area contributed by atoms with Crippen LogP contribution in [-0.2, 0) is 0 Å². The van der Waals surface area contributed by atoms with Gasteiger partial charge < -0.3 is 15.4 Å². The van der Waals surface area contributed by atoms with E-state index in [-0.39, 0.29) is 5.02 Å². The molecular weight excluding hydrogens is 389 g/mol. The Morgan fingerprint density at radius 1 is 1.04 bits per heavy atom. The molecule has 2 aromatic heterocycles. The first kappa shape index (κ1) is 17.4. The average molecular weight is 402 g/mol. The number of hydrogen-bond acceptors (Lipinski definition) is 7. The highest BCUT2D eigenvalue weighted by atomic mass is 35.5. The van der Waals surface area contributed by atoms with Crippen LogP contribution in [0.3, 0.4) is 0 Å². The molecule has 9 heteroatoms. The van der Waals surface area contributed by atoms with Crippen LogP contribution in [0.4, 0.5) is 26.7 Å². The molecule has 0 aliphatic rings. The van der Waals surface area contributed by atoms with Gasteiger partial charge in [0.15, 0.2) is 16.6 Å². The molecule has 0 spiro atoms. The standard InChI is InChI=1S/C18H13ClFN5OS/c1-26-12-5-2-10(3-6-12)24-18-25-17-15(27-18)16(21-9-22-17)23-11-4-7-14(20)13(19)8-11/h2-9H,1H3,(H2,21,22,23,24,25). The van der Waals surface area contributed by atoms with Gasteiger partial charge in [0.05, 0.1) is 12.1 Å². The summed E-state index contributed by atoms with van der Waals surface area (Å²) in [5.41, 5.74) is 2.06. The Bertz CT molecular complexity index is 1100. The normalized spacial score (nSPS) is 10.8. The number of anilines is 4. The summed E-state index contributed by atoms with van der Waals surface area (Å²) in [4.78, 5) is 13.0. The third kappa shape index (κ3) is 3.76. The molecule has 6 nitrogen and oxygen atoms in total. The molecule has 0 fully saturated rings. The quantitative estimate of drug-likeness (QED) is 0.468. The summed E-state index contributed by atoms with van der Waals surface area (Å²) >= 11 is 7.25. The predicted molar refractivity (Wildman–Crippen MR) is 106 cm³/mol. The highest BCUT2D eigenvalue weighted by Crippen LogP contribution is 2.33. The smallest absolute Gasteiger partial charge is 0.189 e. The minimum Gasteiger partial charge on any atom is -0.497 e. The van der Waals surface area contributed by atoms with Gasteiger partial charge in [0, 0.05) is 11.4 Å². The maximum atomic E-state index is 13.3. The van der Waals surface area contributed by atoms with E-state index in [0.717, 1.165) is 16.1 Å². The molecule has 0 saturated carbocycles. The third-order valence-corrected chi connectivity index (χ3v) is 4.97. The number of rotatable bonds is 5. The van der Waals surface area contributed by atoms with Crippen LogP contribution in [0.1, 0.15) is 0 Å². The van der Waals surface area contributed by atoms with Crippen molar-refractivity contribution in [2.24, 2.45) is 0 Å². The fourth-order valence-corrected chi connectivity index (χ4v) is 3.47. The Labute approximate surface area is 163 Å². The van der Waals surface area contributed by atoms with E-state index in [1.165, 1.54) is 29.8 Å². The van der Waals surface area contributed by atoms with Gasteiger partial charge in [0.2, 0.25) is 0 Å². The zero-order chi connectivity index (χ0) is 18.8. The monoisotopic (exact) mass is 401 g/mol. The third-order valence-electron chi connectivity index (χ3n) is 3.71. The predicted octanol–water partition coefficient (Wildman–Crippen LogP) is 5.37. The summed E-state index contributed by atoms with van der Waals surface area (Å²) in [5.74, 6) is 0.877. The largest absolute Gasteiger partial charge is 0.497 e. The SMILES string of the molecule is COc1ccc(Nc2nc3ncnc(Nc4ccc(F)c(Cl)c4)c3s2)cc1. The van der Waals surface area contributed by atoms with Gasteiger partial charge in [0.1, 0.15) is 22.6 Å². The Balaban J connectivity index is 1.62. The van der Waals surface area contributed by atoms with Crippen molar-refractivity contribution >= 4 is 55.6 Å². The van der Waals surface area contributed by atoms with Gasteiger partial charge in [-0.25, -0.2) is 14.4 Å². The first-order valence-electron chi connectivity index (χ1n) is 7.87. The first-order chi connectivity index (χ1) is 13.1. The number of methoxy groups -OCH3 is 1. The Morgan fingerprint density at radius 2 is 1.81 bits per heavy atom.